The molecule has 1 aliphatic rings. The van der Waals surface area contributed by atoms with Crippen molar-refractivity contribution in [1.29, 1.82) is 0 Å². The quantitative estimate of drug-likeness (QED) is 0.445. The van der Waals surface area contributed by atoms with Crippen molar-refractivity contribution in [2.45, 2.75) is 31.6 Å². The van der Waals surface area contributed by atoms with E-state index >= 15 is 0 Å². The van der Waals surface area contributed by atoms with Crippen molar-refractivity contribution in [2.24, 2.45) is 11.7 Å². The number of carboxylic acids is 1. The summed E-state index contributed by atoms with van der Waals surface area (Å²) in [5.41, 5.74) is 4.76. The van der Waals surface area contributed by atoms with Crippen LogP contribution in [0.3, 0.4) is 0 Å². The van der Waals surface area contributed by atoms with Gasteiger partial charge in [0, 0.05) is 19.0 Å². The SMILES string of the molecule is CCN1CC(CCCB(O)O)[C@](N)(C(=O)O)C1. The van der Waals surface area contributed by atoms with E-state index < -0.39 is 18.6 Å². The summed E-state index contributed by atoms with van der Waals surface area (Å²) in [5, 5.41) is 26.7. The van der Waals surface area contributed by atoms with Crippen LogP contribution in [0.15, 0.2) is 0 Å². The maximum Gasteiger partial charge on any atom is 0.451 e. The third-order valence-electron chi connectivity index (χ3n) is 3.55. The van der Waals surface area contributed by atoms with E-state index in [9.17, 15) is 9.90 Å². The van der Waals surface area contributed by atoms with Gasteiger partial charge in [-0.05, 0) is 19.3 Å². The molecular weight excluding hydrogens is 223 g/mol. The lowest BCUT2D eigenvalue weighted by Gasteiger charge is -2.25. The van der Waals surface area contributed by atoms with Gasteiger partial charge in [0.25, 0.3) is 0 Å². The Hall–Kier alpha value is -0.625. The van der Waals surface area contributed by atoms with Gasteiger partial charge in [-0.3, -0.25) is 4.79 Å². The van der Waals surface area contributed by atoms with Crippen LogP contribution in [0, 0.1) is 5.92 Å². The predicted molar refractivity (Wildman–Crippen MR) is 64.4 cm³/mol. The van der Waals surface area contributed by atoms with E-state index in [1.165, 1.54) is 0 Å². The summed E-state index contributed by atoms with van der Waals surface area (Å²) in [4.78, 5) is 13.3. The maximum absolute atomic E-state index is 11.2. The van der Waals surface area contributed by atoms with Gasteiger partial charge < -0.3 is 25.8 Å². The molecule has 0 aromatic heterocycles. The minimum absolute atomic E-state index is 0.126. The molecule has 1 aliphatic heterocycles. The molecule has 0 bridgehead atoms. The Morgan fingerprint density at radius 1 is 1.59 bits per heavy atom. The zero-order chi connectivity index (χ0) is 13.1. The number of likely N-dealkylation sites (N-methyl/N-ethyl adjacent to an activating group) is 1. The molecule has 7 heteroatoms. The van der Waals surface area contributed by atoms with Crippen LogP contribution in [0.4, 0.5) is 0 Å². The van der Waals surface area contributed by atoms with Gasteiger partial charge in [0.05, 0.1) is 0 Å². The summed E-state index contributed by atoms with van der Waals surface area (Å²) in [5.74, 6) is -1.10. The first-order chi connectivity index (χ1) is 7.90. The van der Waals surface area contributed by atoms with Crippen LogP contribution >= 0.6 is 0 Å². The zero-order valence-corrected chi connectivity index (χ0v) is 10.2. The van der Waals surface area contributed by atoms with Crippen molar-refractivity contribution in [3.63, 3.8) is 0 Å². The number of nitrogens with two attached hydrogens (primary N) is 1. The highest BCUT2D eigenvalue weighted by molar-refractivity contribution is 6.40. The molecule has 0 saturated carbocycles. The molecular formula is C10H21BN2O4. The van der Waals surface area contributed by atoms with E-state index in [4.69, 9.17) is 15.8 Å². The fourth-order valence-electron chi connectivity index (χ4n) is 2.42. The Morgan fingerprint density at radius 3 is 2.71 bits per heavy atom. The highest BCUT2D eigenvalue weighted by Crippen LogP contribution is 2.30. The van der Waals surface area contributed by atoms with Crippen LogP contribution in [-0.4, -0.2) is 58.3 Å². The Balaban J connectivity index is 2.58. The molecule has 0 radical (unpaired) electrons. The summed E-state index contributed by atoms with van der Waals surface area (Å²) < 4.78 is 0. The molecule has 2 atom stereocenters. The maximum atomic E-state index is 11.2. The lowest BCUT2D eigenvalue weighted by molar-refractivity contribution is -0.144. The van der Waals surface area contributed by atoms with Crippen LogP contribution in [-0.2, 0) is 4.79 Å². The second-order valence-electron chi connectivity index (χ2n) is 4.78. The molecule has 0 amide bonds. The predicted octanol–water partition coefficient (Wildman–Crippen LogP) is -1.03. The van der Waals surface area contributed by atoms with Crippen molar-refractivity contribution in [1.82, 2.24) is 4.90 Å². The van der Waals surface area contributed by atoms with E-state index in [1.54, 1.807) is 0 Å². The monoisotopic (exact) mass is 244 g/mol. The summed E-state index contributed by atoms with van der Waals surface area (Å²) in [6.07, 6.45) is 1.45. The molecule has 5 N–H and O–H groups in total. The minimum Gasteiger partial charge on any atom is -0.480 e. The summed E-state index contributed by atoms with van der Waals surface area (Å²) in [7, 11) is -1.32. The number of nitrogens with zero attached hydrogens (tertiary/aromatic N) is 1. The van der Waals surface area contributed by atoms with Gasteiger partial charge in [0.15, 0.2) is 0 Å². The van der Waals surface area contributed by atoms with E-state index in [0.717, 1.165) is 6.54 Å². The molecule has 0 spiro atoms. The summed E-state index contributed by atoms with van der Waals surface area (Å²) in [6.45, 7) is 3.79. The van der Waals surface area contributed by atoms with E-state index in [-0.39, 0.29) is 12.2 Å². The second-order valence-corrected chi connectivity index (χ2v) is 4.78. The Morgan fingerprint density at radius 2 is 2.24 bits per heavy atom. The van der Waals surface area contributed by atoms with Crippen LogP contribution < -0.4 is 5.73 Å². The molecule has 1 saturated heterocycles. The smallest absolute Gasteiger partial charge is 0.451 e. The van der Waals surface area contributed by atoms with Crippen LogP contribution in [0.5, 0.6) is 0 Å². The van der Waals surface area contributed by atoms with Crippen LogP contribution in [0.2, 0.25) is 6.32 Å². The Kier molecular flexibility index (Phi) is 4.94. The lowest BCUT2D eigenvalue weighted by Crippen LogP contribution is -2.54. The lowest BCUT2D eigenvalue weighted by atomic mass is 9.78. The average Bonchev–Trinajstić information content (AvgIpc) is 2.57. The molecule has 6 nitrogen and oxygen atoms in total. The van der Waals surface area contributed by atoms with E-state index in [1.807, 2.05) is 11.8 Å². The fourth-order valence-corrected chi connectivity index (χ4v) is 2.42. The van der Waals surface area contributed by atoms with Gasteiger partial charge >= 0.3 is 13.1 Å². The standard InChI is InChI=1S/C10H21BN2O4/c1-2-13-6-8(4-3-5-11(16)17)10(12,7-13)9(14)15/h8,16-17H,2-7,12H2,1H3,(H,14,15)/t8?,10-/m0/s1. The molecule has 0 aromatic rings. The zero-order valence-electron chi connectivity index (χ0n) is 10.2. The molecule has 1 fully saturated rings. The number of hydrogen-bond donors (Lipinski definition) is 4. The highest BCUT2D eigenvalue weighted by atomic mass is 16.4. The number of likely N-dealkylation sites (tertiary alicyclic amines) is 1. The third-order valence-corrected chi connectivity index (χ3v) is 3.55. The van der Waals surface area contributed by atoms with Crippen molar-refractivity contribution >= 4 is 13.1 Å². The van der Waals surface area contributed by atoms with E-state index in [2.05, 4.69) is 0 Å². The van der Waals surface area contributed by atoms with Gasteiger partial charge in [-0.25, -0.2) is 0 Å². The fraction of sp³-hybridized carbons (Fsp3) is 0.900. The van der Waals surface area contributed by atoms with Gasteiger partial charge in [-0.1, -0.05) is 13.3 Å². The third kappa shape index (κ3) is 3.42. The van der Waals surface area contributed by atoms with Crippen molar-refractivity contribution in [3.05, 3.63) is 0 Å². The number of carboxylic acid groups (broad SMARTS) is 1. The first-order valence-corrected chi connectivity index (χ1v) is 6.01. The molecule has 1 heterocycles. The van der Waals surface area contributed by atoms with Crippen LogP contribution in [0.1, 0.15) is 19.8 Å². The molecule has 17 heavy (non-hydrogen) atoms. The number of hydrogen-bond acceptors (Lipinski definition) is 5. The minimum atomic E-state index is -1.32. The Labute approximate surface area is 102 Å². The van der Waals surface area contributed by atoms with Gasteiger partial charge in [0.2, 0.25) is 0 Å². The molecule has 98 valence electrons. The summed E-state index contributed by atoms with van der Waals surface area (Å²) >= 11 is 0. The topological polar surface area (TPSA) is 107 Å². The first-order valence-electron chi connectivity index (χ1n) is 6.01. The largest absolute Gasteiger partial charge is 0.480 e. The second kappa shape index (κ2) is 5.81. The Bertz CT molecular complexity index is 277. The van der Waals surface area contributed by atoms with Gasteiger partial charge in [0.1, 0.15) is 5.54 Å². The van der Waals surface area contributed by atoms with Crippen molar-refractivity contribution < 1.29 is 19.9 Å². The normalized spacial score (nSPS) is 29.5. The average molecular weight is 244 g/mol. The molecule has 0 aliphatic carbocycles. The van der Waals surface area contributed by atoms with E-state index in [0.29, 0.717) is 25.9 Å². The van der Waals surface area contributed by atoms with Gasteiger partial charge in [-0.2, -0.15) is 0 Å². The van der Waals surface area contributed by atoms with Gasteiger partial charge in [-0.15, -0.1) is 0 Å². The highest BCUT2D eigenvalue weighted by Gasteiger charge is 2.48. The molecule has 1 unspecified atom stereocenters. The van der Waals surface area contributed by atoms with Crippen molar-refractivity contribution in [3.8, 4) is 0 Å². The number of carbonyl (C=O) groups is 1. The first kappa shape index (κ1) is 14.4. The molecule has 0 aromatic carbocycles. The summed E-state index contributed by atoms with van der Waals surface area (Å²) in [6, 6.07) is 0. The number of aliphatic carboxylic acids is 1. The van der Waals surface area contributed by atoms with Crippen molar-refractivity contribution in [2.75, 3.05) is 19.6 Å². The van der Waals surface area contributed by atoms with Crippen LogP contribution in [0.25, 0.3) is 0 Å². The molecule has 1 rings (SSSR count). The number of rotatable bonds is 6.